The molecular formula is C21H23ClN2O4. The van der Waals surface area contributed by atoms with Crippen molar-refractivity contribution in [1.29, 1.82) is 0 Å². The average Bonchev–Trinajstić information content (AvgIpc) is 2.69. The van der Waals surface area contributed by atoms with Gasteiger partial charge in [-0.05, 0) is 36.2 Å². The van der Waals surface area contributed by atoms with Gasteiger partial charge in [0.05, 0.1) is 0 Å². The third-order valence-corrected chi connectivity index (χ3v) is 4.44. The quantitative estimate of drug-likeness (QED) is 0.666. The van der Waals surface area contributed by atoms with Crippen LogP contribution in [0.15, 0.2) is 66.7 Å². The van der Waals surface area contributed by atoms with E-state index in [0.29, 0.717) is 18.2 Å². The first-order valence-corrected chi connectivity index (χ1v) is 9.24. The second-order valence-corrected chi connectivity index (χ2v) is 6.66. The molecule has 0 spiro atoms. The van der Waals surface area contributed by atoms with Crippen molar-refractivity contribution in [3.05, 3.63) is 77.3 Å². The molecule has 1 aliphatic heterocycles. The molecule has 2 aromatic carbocycles. The van der Waals surface area contributed by atoms with E-state index in [1.807, 2.05) is 12.1 Å². The summed E-state index contributed by atoms with van der Waals surface area (Å²) in [5.74, 6) is -2.51. The Kier molecular flexibility index (Phi) is 8.52. The highest BCUT2D eigenvalue weighted by Gasteiger charge is 2.22. The van der Waals surface area contributed by atoms with Crippen LogP contribution >= 0.6 is 11.6 Å². The number of piperazine rings is 1. The molecule has 3 N–H and O–H groups in total. The first kappa shape index (κ1) is 21.5. The number of aliphatic carboxylic acids is 2. The number of nitrogens with zero attached hydrogens (tertiary/aromatic N) is 1. The molecule has 0 amide bonds. The number of benzene rings is 2. The number of anilines is 1. The van der Waals surface area contributed by atoms with Crippen molar-refractivity contribution in [3.8, 4) is 0 Å². The highest BCUT2D eigenvalue weighted by Crippen LogP contribution is 2.22. The molecule has 28 heavy (non-hydrogen) atoms. The van der Waals surface area contributed by atoms with E-state index in [1.165, 1.54) is 11.3 Å². The smallest absolute Gasteiger partial charge is 0.328 e. The van der Waals surface area contributed by atoms with Crippen molar-refractivity contribution >= 4 is 29.2 Å². The van der Waals surface area contributed by atoms with E-state index in [2.05, 4.69) is 52.7 Å². The third kappa shape index (κ3) is 7.42. The second-order valence-electron chi connectivity index (χ2n) is 6.23. The molecule has 0 aliphatic carbocycles. The van der Waals surface area contributed by atoms with Crippen LogP contribution in [-0.2, 0) is 16.0 Å². The number of carboxylic acids is 2. The van der Waals surface area contributed by atoms with Crippen molar-refractivity contribution in [2.75, 3.05) is 24.5 Å². The van der Waals surface area contributed by atoms with Gasteiger partial charge in [0.2, 0.25) is 0 Å². The summed E-state index contributed by atoms with van der Waals surface area (Å²) in [6, 6.07) is 19.4. The number of halogens is 1. The van der Waals surface area contributed by atoms with Gasteiger partial charge in [-0.25, -0.2) is 9.59 Å². The molecule has 0 saturated carbocycles. The molecular weight excluding hydrogens is 380 g/mol. The van der Waals surface area contributed by atoms with Gasteiger partial charge in [0, 0.05) is 48.5 Å². The number of nitrogens with one attached hydrogen (secondary N) is 1. The number of hydrogen-bond acceptors (Lipinski definition) is 4. The van der Waals surface area contributed by atoms with Gasteiger partial charge in [-0.2, -0.15) is 0 Å². The molecule has 1 saturated heterocycles. The molecule has 1 aliphatic rings. The van der Waals surface area contributed by atoms with Crippen LogP contribution in [0.3, 0.4) is 0 Å². The van der Waals surface area contributed by atoms with Gasteiger partial charge in [-0.1, -0.05) is 41.9 Å². The van der Waals surface area contributed by atoms with E-state index in [1.54, 1.807) is 0 Å². The summed E-state index contributed by atoms with van der Waals surface area (Å²) < 4.78 is 0. The Morgan fingerprint density at radius 3 is 2.21 bits per heavy atom. The van der Waals surface area contributed by atoms with Crippen molar-refractivity contribution in [2.45, 2.75) is 12.5 Å². The zero-order chi connectivity index (χ0) is 20.4. The minimum Gasteiger partial charge on any atom is -0.478 e. The van der Waals surface area contributed by atoms with Gasteiger partial charge < -0.3 is 20.4 Å². The Morgan fingerprint density at radius 1 is 1.04 bits per heavy atom. The summed E-state index contributed by atoms with van der Waals surface area (Å²) in [5, 5.41) is 19.9. The highest BCUT2D eigenvalue weighted by molar-refractivity contribution is 6.30. The molecule has 1 fully saturated rings. The molecule has 3 rings (SSSR count). The molecule has 1 atom stereocenters. The SMILES string of the molecule is Clc1ccc(N2CCNC[C@H]2Cc2ccccc2)cc1.O=C(O)C=CC(=O)O. The Morgan fingerprint density at radius 2 is 1.64 bits per heavy atom. The average molecular weight is 403 g/mol. The monoisotopic (exact) mass is 402 g/mol. The number of rotatable bonds is 5. The Hall–Kier alpha value is -2.83. The maximum Gasteiger partial charge on any atom is 0.328 e. The molecule has 0 unspecified atom stereocenters. The summed E-state index contributed by atoms with van der Waals surface area (Å²) in [4.78, 5) is 21.6. The van der Waals surface area contributed by atoms with Crippen molar-refractivity contribution in [3.63, 3.8) is 0 Å². The minimum atomic E-state index is -1.26. The van der Waals surface area contributed by atoms with Gasteiger partial charge in [0.15, 0.2) is 0 Å². The minimum absolute atomic E-state index is 0.493. The topological polar surface area (TPSA) is 89.9 Å². The van der Waals surface area contributed by atoms with E-state index in [4.69, 9.17) is 21.8 Å². The first-order valence-electron chi connectivity index (χ1n) is 8.86. The van der Waals surface area contributed by atoms with Crippen LogP contribution in [0, 0.1) is 0 Å². The Bertz CT molecular complexity index is 778. The lowest BCUT2D eigenvalue weighted by Crippen LogP contribution is -2.52. The Balaban J connectivity index is 0.000000300. The zero-order valence-corrected chi connectivity index (χ0v) is 16.0. The predicted molar refractivity (Wildman–Crippen MR) is 110 cm³/mol. The fourth-order valence-electron chi connectivity index (χ4n) is 2.94. The third-order valence-electron chi connectivity index (χ3n) is 4.19. The van der Waals surface area contributed by atoms with E-state index < -0.39 is 11.9 Å². The van der Waals surface area contributed by atoms with Gasteiger partial charge >= 0.3 is 11.9 Å². The summed E-state index contributed by atoms with van der Waals surface area (Å²) in [6.45, 7) is 3.10. The van der Waals surface area contributed by atoms with Crippen LogP contribution < -0.4 is 10.2 Å². The van der Waals surface area contributed by atoms with Crippen molar-refractivity contribution in [1.82, 2.24) is 5.32 Å². The Labute approximate surface area is 169 Å². The lowest BCUT2D eigenvalue weighted by molar-refractivity contribution is -0.134. The van der Waals surface area contributed by atoms with Gasteiger partial charge in [0.1, 0.15) is 0 Å². The van der Waals surface area contributed by atoms with Gasteiger partial charge in [-0.15, -0.1) is 0 Å². The van der Waals surface area contributed by atoms with Gasteiger partial charge in [-0.3, -0.25) is 0 Å². The molecule has 1 heterocycles. The van der Waals surface area contributed by atoms with E-state index >= 15 is 0 Å². The fourth-order valence-corrected chi connectivity index (χ4v) is 3.07. The molecule has 0 bridgehead atoms. The van der Waals surface area contributed by atoms with Crippen LogP contribution in [0.4, 0.5) is 5.69 Å². The molecule has 6 nitrogen and oxygen atoms in total. The van der Waals surface area contributed by atoms with E-state index in [9.17, 15) is 9.59 Å². The highest BCUT2D eigenvalue weighted by atomic mass is 35.5. The predicted octanol–water partition coefficient (Wildman–Crippen LogP) is 3.07. The summed E-state index contributed by atoms with van der Waals surface area (Å²) in [6.07, 6.45) is 2.18. The number of hydrogen-bond donors (Lipinski definition) is 3. The molecule has 148 valence electrons. The maximum atomic E-state index is 9.55. The molecule has 2 aromatic rings. The molecule has 0 aromatic heterocycles. The summed E-state index contributed by atoms with van der Waals surface area (Å²) in [5.41, 5.74) is 2.65. The summed E-state index contributed by atoms with van der Waals surface area (Å²) in [7, 11) is 0. The molecule has 0 radical (unpaired) electrons. The number of carboxylic acid groups (broad SMARTS) is 2. The van der Waals surface area contributed by atoms with E-state index in [-0.39, 0.29) is 0 Å². The maximum absolute atomic E-state index is 9.55. The van der Waals surface area contributed by atoms with Crippen LogP contribution in [0.2, 0.25) is 5.02 Å². The van der Waals surface area contributed by atoms with Crippen LogP contribution in [0.25, 0.3) is 0 Å². The van der Waals surface area contributed by atoms with Crippen LogP contribution in [0.1, 0.15) is 5.56 Å². The summed E-state index contributed by atoms with van der Waals surface area (Å²) >= 11 is 5.99. The van der Waals surface area contributed by atoms with Gasteiger partial charge in [0.25, 0.3) is 0 Å². The fraction of sp³-hybridized carbons (Fsp3) is 0.238. The molecule has 7 heteroatoms. The number of carbonyl (C=O) groups is 2. The lowest BCUT2D eigenvalue weighted by atomic mass is 10.0. The van der Waals surface area contributed by atoms with E-state index in [0.717, 1.165) is 31.1 Å². The largest absolute Gasteiger partial charge is 0.478 e. The first-order chi connectivity index (χ1) is 13.5. The van der Waals surface area contributed by atoms with Crippen molar-refractivity contribution in [2.24, 2.45) is 0 Å². The lowest BCUT2D eigenvalue weighted by Gasteiger charge is -2.38. The van der Waals surface area contributed by atoms with Crippen LogP contribution in [-0.4, -0.2) is 47.8 Å². The van der Waals surface area contributed by atoms with Crippen molar-refractivity contribution < 1.29 is 19.8 Å². The second kappa shape index (κ2) is 11.1. The normalized spacial score (nSPS) is 16.3. The zero-order valence-electron chi connectivity index (χ0n) is 15.3. The standard InChI is InChI=1S/C17H19ClN2.C4H4O4/c18-15-6-8-16(9-7-15)20-11-10-19-13-17(20)12-14-4-2-1-3-5-14;5-3(6)1-2-4(7)8/h1-9,17,19H,10-13H2;1-2H,(H,5,6)(H,7,8)/t17-;/m1./s1. The van der Waals surface area contributed by atoms with Crippen LogP contribution in [0.5, 0.6) is 0 Å².